The van der Waals surface area contributed by atoms with Gasteiger partial charge in [-0.15, -0.1) is 11.3 Å². The average Bonchev–Trinajstić information content (AvgIpc) is 2.84. The number of rotatable bonds is 3. The van der Waals surface area contributed by atoms with Gasteiger partial charge in [0.1, 0.15) is 0 Å². The molecular formula is C11H8N4O3S2. The number of nitrogens with zero attached hydrogens (tertiary/aromatic N) is 3. The Labute approximate surface area is 120 Å². The maximum atomic E-state index is 11.8. The van der Waals surface area contributed by atoms with Crippen molar-refractivity contribution in [3.63, 3.8) is 0 Å². The Bertz CT molecular complexity index is 883. The SMILES string of the molecule is O=c1cc(O)nc(SCc2cc(=O)n3ccsc3n2)[nH]1. The number of thiazole rings is 1. The summed E-state index contributed by atoms with van der Waals surface area (Å²) >= 11 is 2.56. The molecule has 0 radical (unpaired) electrons. The van der Waals surface area contributed by atoms with Gasteiger partial charge in [0.15, 0.2) is 10.1 Å². The van der Waals surface area contributed by atoms with Crippen LogP contribution < -0.4 is 11.1 Å². The van der Waals surface area contributed by atoms with Crippen molar-refractivity contribution in [3.8, 4) is 5.88 Å². The maximum absolute atomic E-state index is 11.8. The summed E-state index contributed by atoms with van der Waals surface area (Å²) in [6.45, 7) is 0. The summed E-state index contributed by atoms with van der Waals surface area (Å²) in [4.78, 5) is 34.2. The molecule has 9 heteroatoms. The molecule has 0 amide bonds. The van der Waals surface area contributed by atoms with Gasteiger partial charge in [-0.3, -0.25) is 14.0 Å². The Morgan fingerprint density at radius 2 is 2.20 bits per heavy atom. The van der Waals surface area contributed by atoms with Crippen molar-refractivity contribution in [1.29, 1.82) is 0 Å². The van der Waals surface area contributed by atoms with Gasteiger partial charge in [0, 0.05) is 23.4 Å². The van der Waals surface area contributed by atoms with Crippen molar-refractivity contribution in [3.05, 3.63) is 50.1 Å². The molecule has 3 aromatic heterocycles. The van der Waals surface area contributed by atoms with Crippen molar-refractivity contribution in [2.24, 2.45) is 0 Å². The van der Waals surface area contributed by atoms with Crippen LogP contribution in [0.25, 0.3) is 4.96 Å². The van der Waals surface area contributed by atoms with Gasteiger partial charge in [-0.2, -0.15) is 4.98 Å². The van der Waals surface area contributed by atoms with Crippen molar-refractivity contribution in [1.82, 2.24) is 19.4 Å². The van der Waals surface area contributed by atoms with E-state index in [2.05, 4.69) is 15.0 Å². The fourth-order valence-electron chi connectivity index (χ4n) is 1.60. The first-order valence-corrected chi connectivity index (χ1v) is 7.37. The summed E-state index contributed by atoms with van der Waals surface area (Å²) in [5, 5.41) is 11.3. The Hall–Kier alpha value is -2.13. The van der Waals surface area contributed by atoms with Crippen LogP contribution in [0, 0.1) is 0 Å². The predicted octanol–water partition coefficient (Wildman–Crippen LogP) is 0.837. The van der Waals surface area contributed by atoms with Crippen LogP contribution >= 0.6 is 23.1 Å². The molecule has 0 fully saturated rings. The second-order valence-corrected chi connectivity index (χ2v) is 5.68. The molecule has 20 heavy (non-hydrogen) atoms. The molecule has 3 heterocycles. The lowest BCUT2D eigenvalue weighted by molar-refractivity contribution is 0.444. The Morgan fingerprint density at radius 3 is 3.00 bits per heavy atom. The monoisotopic (exact) mass is 308 g/mol. The first-order valence-electron chi connectivity index (χ1n) is 5.51. The number of thioether (sulfide) groups is 1. The van der Waals surface area contributed by atoms with E-state index in [9.17, 15) is 14.7 Å². The molecule has 0 aliphatic heterocycles. The molecule has 0 saturated carbocycles. The summed E-state index contributed by atoms with van der Waals surface area (Å²) in [5.41, 5.74) is 0.0133. The molecule has 102 valence electrons. The number of hydrogen-bond donors (Lipinski definition) is 2. The van der Waals surface area contributed by atoms with Gasteiger partial charge in [-0.1, -0.05) is 11.8 Å². The van der Waals surface area contributed by atoms with E-state index in [4.69, 9.17) is 0 Å². The smallest absolute Gasteiger partial charge is 0.258 e. The van der Waals surface area contributed by atoms with E-state index in [-0.39, 0.29) is 16.6 Å². The lowest BCUT2D eigenvalue weighted by atomic mass is 10.4. The van der Waals surface area contributed by atoms with Crippen molar-refractivity contribution in [2.75, 3.05) is 0 Å². The lowest BCUT2D eigenvalue weighted by Crippen LogP contribution is -2.12. The van der Waals surface area contributed by atoms with Gasteiger partial charge in [-0.25, -0.2) is 4.98 Å². The van der Waals surface area contributed by atoms with Crippen LogP contribution in [-0.4, -0.2) is 24.5 Å². The fourth-order valence-corrected chi connectivity index (χ4v) is 3.10. The predicted molar refractivity (Wildman–Crippen MR) is 75.4 cm³/mol. The quantitative estimate of drug-likeness (QED) is 0.549. The molecule has 0 unspecified atom stereocenters. The second-order valence-electron chi connectivity index (χ2n) is 3.84. The van der Waals surface area contributed by atoms with E-state index in [0.29, 0.717) is 16.4 Å². The van der Waals surface area contributed by atoms with E-state index in [1.54, 1.807) is 11.6 Å². The second kappa shape index (κ2) is 5.10. The third kappa shape index (κ3) is 2.58. The van der Waals surface area contributed by atoms with Gasteiger partial charge in [-0.05, 0) is 0 Å². The molecule has 7 nitrogen and oxygen atoms in total. The topological polar surface area (TPSA) is 100 Å². The first-order chi connectivity index (χ1) is 9.61. The van der Waals surface area contributed by atoms with Crippen LogP contribution in [0.4, 0.5) is 0 Å². The highest BCUT2D eigenvalue weighted by molar-refractivity contribution is 7.98. The molecule has 0 saturated heterocycles. The zero-order valence-electron chi connectivity index (χ0n) is 9.94. The van der Waals surface area contributed by atoms with Crippen LogP contribution in [0.3, 0.4) is 0 Å². The van der Waals surface area contributed by atoms with Gasteiger partial charge >= 0.3 is 0 Å². The maximum Gasteiger partial charge on any atom is 0.258 e. The fraction of sp³-hybridized carbons (Fsp3) is 0.0909. The molecule has 0 spiro atoms. The molecule has 0 bridgehead atoms. The number of aromatic nitrogens is 4. The zero-order chi connectivity index (χ0) is 14.1. The number of hydrogen-bond acceptors (Lipinski definition) is 7. The summed E-state index contributed by atoms with van der Waals surface area (Å²) in [6, 6.07) is 2.43. The van der Waals surface area contributed by atoms with Crippen molar-refractivity contribution >= 4 is 28.1 Å². The molecule has 0 aliphatic carbocycles. The minimum atomic E-state index is -0.429. The minimum absolute atomic E-state index is 0.149. The van der Waals surface area contributed by atoms with Gasteiger partial charge < -0.3 is 10.1 Å². The summed E-state index contributed by atoms with van der Waals surface area (Å²) in [7, 11) is 0. The number of nitrogens with one attached hydrogen (secondary N) is 1. The van der Waals surface area contributed by atoms with Gasteiger partial charge in [0.2, 0.25) is 5.88 Å². The van der Waals surface area contributed by atoms with E-state index < -0.39 is 5.56 Å². The van der Waals surface area contributed by atoms with Crippen molar-refractivity contribution < 1.29 is 5.11 Å². The highest BCUT2D eigenvalue weighted by Crippen LogP contribution is 2.18. The Kier molecular flexibility index (Phi) is 3.28. The molecular weight excluding hydrogens is 300 g/mol. The highest BCUT2D eigenvalue weighted by atomic mass is 32.2. The molecule has 0 aliphatic rings. The number of aromatic amines is 1. The Morgan fingerprint density at radius 1 is 1.35 bits per heavy atom. The molecule has 0 aromatic carbocycles. The van der Waals surface area contributed by atoms with Gasteiger partial charge in [0.05, 0.1) is 11.8 Å². The molecule has 3 rings (SSSR count). The summed E-state index contributed by atoms with van der Waals surface area (Å²) in [5.74, 6) is 0.0359. The summed E-state index contributed by atoms with van der Waals surface area (Å²) in [6.07, 6.45) is 1.67. The zero-order valence-corrected chi connectivity index (χ0v) is 11.6. The largest absolute Gasteiger partial charge is 0.493 e. The molecule has 2 N–H and O–H groups in total. The van der Waals surface area contributed by atoms with Crippen LogP contribution in [0.2, 0.25) is 0 Å². The van der Waals surface area contributed by atoms with E-state index >= 15 is 0 Å². The van der Waals surface area contributed by atoms with Gasteiger partial charge in [0.25, 0.3) is 11.1 Å². The number of aromatic hydroxyl groups is 1. The lowest BCUT2D eigenvalue weighted by Gasteiger charge is -2.01. The molecule has 0 atom stereocenters. The van der Waals surface area contributed by atoms with E-state index in [1.807, 2.05) is 0 Å². The average molecular weight is 308 g/mol. The highest BCUT2D eigenvalue weighted by Gasteiger charge is 2.06. The summed E-state index contributed by atoms with van der Waals surface area (Å²) < 4.78 is 1.47. The standard InChI is InChI=1S/C11H8N4O3S2/c16-7-4-8(17)14-10(13-7)20-5-6-3-9(18)15-1-2-19-11(15)12-6/h1-4H,5H2,(H2,13,14,16,17). The number of H-pyrrole nitrogens is 1. The van der Waals surface area contributed by atoms with Crippen LogP contribution in [0.15, 0.2) is 38.5 Å². The minimum Gasteiger partial charge on any atom is -0.493 e. The van der Waals surface area contributed by atoms with Crippen LogP contribution in [-0.2, 0) is 5.75 Å². The van der Waals surface area contributed by atoms with E-state index in [1.165, 1.54) is 33.6 Å². The third-order valence-corrected chi connectivity index (χ3v) is 4.08. The Balaban J connectivity index is 1.86. The first kappa shape index (κ1) is 12.9. The van der Waals surface area contributed by atoms with Crippen LogP contribution in [0.1, 0.15) is 5.69 Å². The van der Waals surface area contributed by atoms with Crippen molar-refractivity contribution in [2.45, 2.75) is 10.9 Å². The van der Waals surface area contributed by atoms with E-state index in [0.717, 1.165) is 6.07 Å². The number of fused-ring (bicyclic) bond motifs is 1. The molecule has 3 aromatic rings. The van der Waals surface area contributed by atoms with Crippen LogP contribution in [0.5, 0.6) is 5.88 Å². The third-order valence-electron chi connectivity index (χ3n) is 2.42. The normalized spacial score (nSPS) is 11.0.